The second kappa shape index (κ2) is 5.66. The molecule has 7 heteroatoms. The summed E-state index contributed by atoms with van der Waals surface area (Å²) in [6.45, 7) is 2.12. The standard InChI is InChI=1S/C12H12N2O4S/c1-7-8(3-5-18-7)11(15)13-4-2-10-14-9(6-19-10)12(16)17/h3,5-6H,2,4H2,1H3,(H,13,15)(H,16,17). The normalized spacial score (nSPS) is 10.4. The van der Waals surface area contributed by atoms with Gasteiger partial charge in [-0.2, -0.15) is 0 Å². The van der Waals surface area contributed by atoms with E-state index in [4.69, 9.17) is 9.52 Å². The van der Waals surface area contributed by atoms with Gasteiger partial charge in [-0.15, -0.1) is 11.3 Å². The molecular formula is C12H12N2O4S. The predicted octanol–water partition coefficient (Wildman–Crippen LogP) is 1.72. The predicted molar refractivity (Wildman–Crippen MR) is 68.6 cm³/mol. The summed E-state index contributed by atoms with van der Waals surface area (Å²) in [6.07, 6.45) is 1.96. The molecule has 100 valence electrons. The first-order chi connectivity index (χ1) is 9.08. The molecule has 0 saturated carbocycles. The maximum Gasteiger partial charge on any atom is 0.355 e. The highest BCUT2D eigenvalue weighted by atomic mass is 32.1. The Balaban J connectivity index is 1.85. The van der Waals surface area contributed by atoms with E-state index in [1.807, 2.05) is 0 Å². The van der Waals surface area contributed by atoms with E-state index < -0.39 is 5.97 Å². The van der Waals surface area contributed by atoms with Gasteiger partial charge in [0.15, 0.2) is 5.69 Å². The minimum absolute atomic E-state index is 0.0389. The van der Waals surface area contributed by atoms with Crippen molar-refractivity contribution in [2.24, 2.45) is 0 Å². The van der Waals surface area contributed by atoms with Crippen molar-refractivity contribution in [2.45, 2.75) is 13.3 Å². The first-order valence-electron chi connectivity index (χ1n) is 5.58. The Morgan fingerprint density at radius 1 is 1.53 bits per heavy atom. The van der Waals surface area contributed by atoms with Crippen LogP contribution in [-0.4, -0.2) is 28.5 Å². The molecule has 1 amide bonds. The first kappa shape index (κ1) is 13.3. The van der Waals surface area contributed by atoms with Crippen molar-refractivity contribution in [2.75, 3.05) is 6.54 Å². The highest BCUT2D eigenvalue weighted by molar-refractivity contribution is 7.09. The summed E-state index contributed by atoms with van der Waals surface area (Å²) in [5.74, 6) is -0.679. The van der Waals surface area contributed by atoms with Gasteiger partial charge in [-0.05, 0) is 13.0 Å². The molecule has 6 nitrogen and oxygen atoms in total. The Hall–Kier alpha value is -2.15. The monoisotopic (exact) mass is 280 g/mol. The molecular weight excluding hydrogens is 268 g/mol. The van der Waals surface area contributed by atoms with Gasteiger partial charge < -0.3 is 14.8 Å². The average molecular weight is 280 g/mol. The van der Waals surface area contributed by atoms with Gasteiger partial charge >= 0.3 is 5.97 Å². The zero-order valence-corrected chi connectivity index (χ0v) is 11.0. The molecule has 0 atom stereocenters. The van der Waals surface area contributed by atoms with Crippen LogP contribution in [0.2, 0.25) is 0 Å². The zero-order chi connectivity index (χ0) is 13.8. The van der Waals surface area contributed by atoms with Gasteiger partial charge in [0.2, 0.25) is 0 Å². The lowest BCUT2D eigenvalue weighted by molar-refractivity contribution is 0.0690. The molecule has 2 aromatic heterocycles. The molecule has 0 aliphatic rings. The van der Waals surface area contributed by atoms with Crippen LogP contribution in [0.1, 0.15) is 31.6 Å². The maximum absolute atomic E-state index is 11.7. The number of aromatic carboxylic acids is 1. The molecule has 0 aliphatic heterocycles. The lowest BCUT2D eigenvalue weighted by atomic mass is 10.2. The molecule has 2 N–H and O–H groups in total. The minimum atomic E-state index is -1.04. The van der Waals surface area contributed by atoms with Crippen molar-refractivity contribution in [1.29, 1.82) is 0 Å². The van der Waals surface area contributed by atoms with Gasteiger partial charge in [-0.1, -0.05) is 0 Å². The van der Waals surface area contributed by atoms with Crippen molar-refractivity contribution in [3.8, 4) is 0 Å². The van der Waals surface area contributed by atoms with Crippen LogP contribution in [0.4, 0.5) is 0 Å². The fourth-order valence-electron chi connectivity index (χ4n) is 1.52. The molecule has 0 bridgehead atoms. The third-order valence-electron chi connectivity index (χ3n) is 2.50. The SMILES string of the molecule is Cc1occc1C(=O)NCCc1nc(C(=O)O)cs1. The van der Waals surface area contributed by atoms with Crippen LogP contribution in [0.5, 0.6) is 0 Å². The molecule has 0 radical (unpaired) electrons. The number of nitrogens with zero attached hydrogens (tertiary/aromatic N) is 1. The number of carboxylic acid groups (broad SMARTS) is 1. The quantitative estimate of drug-likeness (QED) is 0.869. The average Bonchev–Trinajstić information content (AvgIpc) is 2.97. The van der Waals surface area contributed by atoms with E-state index in [1.54, 1.807) is 13.0 Å². The molecule has 0 unspecified atom stereocenters. The number of hydrogen-bond acceptors (Lipinski definition) is 5. The molecule has 0 aliphatic carbocycles. The number of amides is 1. The number of rotatable bonds is 5. The Morgan fingerprint density at radius 3 is 2.89 bits per heavy atom. The maximum atomic E-state index is 11.7. The van der Waals surface area contributed by atoms with E-state index >= 15 is 0 Å². The fourth-order valence-corrected chi connectivity index (χ4v) is 2.29. The van der Waals surface area contributed by atoms with Gasteiger partial charge in [0.1, 0.15) is 5.76 Å². The van der Waals surface area contributed by atoms with Crippen LogP contribution in [0.15, 0.2) is 22.1 Å². The fraction of sp³-hybridized carbons (Fsp3) is 0.250. The Kier molecular flexibility index (Phi) is 3.96. The van der Waals surface area contributed by atoms with Crippen LogP contribution >= 0.6 is 11.3 Å². The van der Waals surface area contributed by atoms with E-state index in [9.17, 15) is 9.59 Å². The number of carbonyl (C=O) groups is 2. The molecule has 0 fully saturated rings. The molecule has 2 aromatic rings. The highest BCUT2D eigenvalue weighted by Crippen LogP contribution is 2.11. The third kappa shape index (κ3) is 3.19. The zero-order valence-electron chi connectivity index (χ0n) is 10.2. The van der Waals surface area contributed by atoms with E-state index in [2.05, 4.69) is 10.3 Å². The van der Waals surface area contributed by atoms with Crippen LogP contribution < -0.4 is 5.32 Å². The number of thiazole rings is 1. The van der Waals surface area contributed by atoms with Crippen molar-refractivity contribution >= 4 is 23.2 Å². The second-order valence-electron chi connectivity index (χ2n) is 3.83. The smallest absolute Gasteiger partial charge is 0.355 e. The second-order valence-corrected chi connectivity index (χ2v) is 4.77. The first-order valence-corrected chi connectivity index (χ1v) is 6.46. The third-order valence-corrected chi connectivity index (χ3v) is 3.41. The minimum Gasteiger partial charge on any atom is -0.476 e. The summed E-state index contributed by atoms with van der Waals surface area (Å²) in [4.78, 5) is 26.3. The number of aryl methyl sites for hydroxylation is 1. The number of aromatic nitrogens is 1. The summed E-state index contributed by atoms with van der Waals surface area (Å²) in [5, 5.41) is 13.6. The Morgan fingerprint density at radius 2 is 2.32 bits per heavy atom. The van der Waals surface area contributed by atoms with Crippen LogP contribution in [0.3, 0.4) is 0 Å². The number of carboxylic acids is 1. The summed E-state index contributed by atoms with van der Waals surface area (Å²) < 4.78 is 5.04. The lowest BCUT2D eigenvalue weighted by Crippen LogP contribution is -2.25. The molecule has 19 heavy (non-hydrogen) atoms. The number of carbonyl (C=O) groups excluding carboxylic acids is 1. The molecule has 0 aromatic carbocycles. The Labute approximate surface area is 113 Å². The Bertz CT molecular complexity index is 602. The lowest BCUT2D eigenvalue weighted by Gasteiger charge is -2.02. The molecule has 0 saturated heterocycles. The van der Waals surface area contributed by atoms with E-state index in [-0.39, 0.29) is 11.6 Å². The molecule has 0 spiro atoms. The highest BCUT2D eigenvalue weighted by Gasteiger charge is 2.12. The van der Waals surface area contributed by atoms with Gasteiger partial charge in [0.05, 0.1) is 16.8 Å². The van der Waals surface area contributed by atoms with Gasteiger partial charge in [-0.3, -0.25) is 4.79 Å². The van der Waals surface area contributed by atoms with Gasteiger partial charge in [0.25, 0.3) is 5.91 Å². The summed E-state index contributed by atoms with van der Waals surface area (Å²) in [6, 6.07) is 1.61. The van der Waals surface area contributed by atoms with Crippen LogP contribution in [0, 0.1) is 6.92 Å². The van der Waals surface area contributed by atoms with Crippen LogP contribution in [0.25, 0.3) is 0 Å². The van der Waals surface area contributed by atoms with Gasteiger partial charge in [0, 0.05) is 18.3 Å². The van der Waals surface area contributed by atoms with E-state index in [1.165, 1.54) is 23.0 Å². The summed E-state index contributed by atoms with van der Waals surface area (Å²) >= 11 is 1.27. The number of furan rings is 1. The number of hydrogen-bond donors (Lipinski definition) is 2. The molecule has 2 rings (SSSR count). The van der Waals surface area contributed by atoms with Crippen molar-refractivity contribution in [3.05, 3.63) is 39.7 Å². The van der Waals surface area contributed by atoms with Crippen molar-refractivity contribution in [1.82, 2.24) is 10.3 Å². The van der Waals surface area contributed by atoms with Crippen molar-refractivity contribution < 1.29 is 19.1 Å². The number of nitrogens with one attached hydrogen (secondary N) is 1. The van der Waals surface area contributed by atoms with Crippen LogP contribution in [-0.2, 0) is 6.42 Å². The van der Waals surface area contributed by atoms with E-state index in [0.29, 0.717) is 29.3 Å². The topological polar surface area (TPSA) is 92.4 Å². The van der Waals surface area contributed by atoms with Crippen molar-refractivity contribution in [3.63, 3.8) is 0 Å². The van der Waals surface area contributed by atoms with Gasteiger partial charge in [-0.25, -0.2) is 9.78 Å². The van der Waals surface area contributed by atoms with E-state index in [0.717, 1.165) is 0 Å². The summed E-state index contributed by atoms with van der Waals surface area (Å²) in [5.41, 5.74) is 0.544. The molecule has 2 heterocycles. The summed E-state index contributed by atoms with van der Waals surface area (Å²) in [7, 11) is 0. The largest absolute Gasteiger partial charge is 0.476 e.